The van der Waals surface area contributed by atoms with Crippen molar-refractivity contribution in [1.29, 1.82) is 0 Å². The maximum absolute atomic E-state index is 11.2. The molecule has 0 aliphatic rings. The third kappa shape index (κ3) is 4.28. The molecular formula is C11H16ClNO. The van der Waals surface area contributed by atoms with Gasteiger partial charge in [0.25, 0.3) is 5.91 Å². The number of hydrogen-bond donors (Lipinski definition) is 1. The van der Waals surface area contributed by atoms with Gasteiger partial charge in [-0.15, -0.1) is 0 Å². The molecule has 78 valence electrons. The Labute approximate surface area is 90.3 Å². The van der Waals surface area contributed by atoms with Crippen LogP contribution < -0.4 is 5.32 Å². The lowest BCUT2D eigenvalue weighted by molar-refractivity contribution is 0.0956. The van der Waals surface area contributed by atoms with Crippen LogP contribution in [-0.2, 0) is 0 Å². The molecule has 0 aliphatic carbocycles. The molecule has 0 aliphatic heterocycles. The van der Waals surface area contributed by atoms with Crippen LogP contribution in [-0.4, -0.2) is 12.5 Å². The highest BCUT2D eigenvalue weighted by atomic mass is 35.5. The molecule has 0 bridgehead atoms. The number of carbonyl (C=O) groups is 1. The lowest BCUT2D eigenvalue weighted by Gasteiger charge is -2.00. The number of amides is 1. The molecule has 3 heteroatoms. The van der Waals surface area contributed by atoms with E-state index in [1.165, 1.54) is 0 Å². The van der Waals surface area contributed by atoms with E-state index in [1.54, 1.807) is 24.3 Å². The molecule has 0 heterocycles. The molecular weight excluding hydrogens is 198 g/mol. The third-order valence-corrected chi connectivity index (χ3v) is 1.70. The summed E-state index contributed by atoms with van der Waals surface area (Å²) in [6.45, 7) is 6.52. The molecule has 0 unspecified atom stereocenters. The number of nitrogens with one attached hydrogen (secondary N) is 1. The fraction of sp³-hybridized carbons (Fsp3) is 0.364. The number of rotatable bonds is 2. The van der Waals surface area contributed by atoms with Gasteiger partial charge in [-0.1, -0.05) is 25.4 Å². The summed E-state index contributed by atoms with van der Waals surface area (Å²) in [5.41, 5.74) is 0.640. The quantitative estimate of drug-likeness (QED) is 0.804. The summed E-state index contributed by atoms with van der Waals surface area (Å²) in [5.74, 6) is -0.0610. The topological polar surface area (TPSA) is 29.1 Å². The zero-order chi connectivity index (χ0) is 11.0. The minimum atomic E-state index is -0.0610. The number of carbonyl (C=O) groups excluding carboxylic acids is 1. The molecule has 1 N–H and O–H groups in total. The van der Waals surface area contributed by atoms with Crippen LogP contribution in [0.15, 0.2) is 24.3 Å². The number of benzene rings is 1. The van der Waals surface area contributed by atoms with Crippen LogP contribution in [0.4, 0.5) is 0 Å². The Morgan fingerprint density at radius 3 is 2.21 bits per heavy atom. The maximum atomic E-state index is 11.2. The predicted molar refractivity (Wildman–Crippen MR) is 60.8 cm³/mol. The van der Waals surface area contributed by atoms with Crippen molar-refractivity contribution < 1.29 is 4.79 Å². The van der Waals surface area contributed by atoms with Gasteiger partial charge in [-0.3, -0.25) is 4.79 Å². The Balaban J connectivity index is 0.000000791. The van der Waals surface area contributed by atoms with Crippen molar-refractivity contribution in [2.75, 3.05) is 6.54 Å². The fourth-order valence-corrected chi connectivity index (χ4v) is 0.990. The first-order chi connectivity index (χ1) is 6.74. The van der Waals surface area contributed by atoms with Crippen molar-refractivity contribution in [3.8, 4) is 0 Å². The first-order valence-corrected chi connectivity index (χ1v) is 5.15. The highest BCUT2D eigenvalue weighted by Gasteiger charge is 2.01. The van der Waals surface area contributed by atoms with Gasteiger partial charge in [-0.25, -0.2) is 0 Å². The van der Waals surface area contributed by atoms with Gasteiger partial charge in [0.1, 0.15) is 0 Å². The monoisotopic (exact) mass is 213 g/mol. The summed E-state index contributed by atoms with van der Waals surface area (Å²) in [4.78, 5) is 11.2. The van der Waals surface area contributed by atoms with E-state index in [4.69, 9.17) is 11.6 Å². The predicted octanol–water partition coefficient (Wildman–Crippen LogP) is 3.12. The standard InChI is InChI=1S/C9H10ClNO.C2H6/c1-2-11-9(12)7-3-5-8(10)6-4-7;1-2/h3-6H,2H2,1H3,(H,11,12);1-2H3. The van der Waals surface area contributed by atoms with Gasteiger partial charge in [0.2, 0.25) is 0 Å². The van der Waals surface area contributed by atoms with Crippen LogP contribution in [0, 0.1) is 0 Å². The molecule has 1 aromatic carbocycles. The van der Waals surface area contributed by atoms with Gasteiger partial charge < -0.3 is 5.32 Å². The average molecular weight is 214 g/mol. The van der Waals surface area contributed by atoms with E-state index in [1.807, 2.05) is 20.8 Å². The Bertz CT molecular complexity index is 269. The summed E-state index contributed by atoms with van der Waals surface area (Å²) in [5, 5.41) is 3.34. The molecule has 0 aromatic heterocycles. The molecule has 0 saturated heterocycles. The molecule has 0 radical (unpaired) electrons. The zero-order valence-electron chi connectivity index (χ0n) is 8.80. The van der Waals surface area contributed by atoms with Crippen LogP contribution >= 0.6 is 11.6 Å². The Morgan fingerprint density at radius 1 is 1.29 bits per heavy atom. The summed E-state index contributed by atoms with van der Waals surface area (Å²) in [6.07, 6.45) is 0. The van der Waals surface area contributed by atoms with Crippen LogP contribution in [0.2, 0.25) is 5.02 Å². The second-order valence-electron chi connectivity index (χ2n) is 2.37. The summed E-state index contributed by atoms with van der Waals surface area (Å²) in [6, 6.07) is 6.80. The summed E-state index contributed by atoms with van der Waals surface area (Å²) >= 11 is 5.66. The normalized spacial score (nSPS) is 8.57. The largest absolute Gasteiger partial charge is 0.352 e. The molecule has 2 nitrogen and oxygen atoms in total. The van der Waals surface area contributed by atoms with E-state index >= 15 is 0 Å². The van der Waals surface area contributed by atoms with Crippen molar-refractivity contribution in [2.45, 2.75) is 20.8 Å². The molecule has 14 heavy (non-hydrogen) atoms. The van der Waals surface area contributed by atoms with E-state index in [9.17, 15) is 4.79 Å². The van der Waals surface area contributed by atoms with Gasteiger partial charge >= 0.3 is 0 Å². The van der Waals surface area contributed by atoms with E-state index in [2.05, 4.69) is 5.32 Å². The van der Waals surface area contributed by atoms with Crippen LogP contribution in [0.5, 0.6) is 0 Å². The first-order valence-electron chi connectivity index (χ1n) is 4.78. The minimum Gasteiger partial charge on any atom is -0.352 e. The van der Waals surface area contributed by atoms with Crippen molar-refractivity contribution in [3.63, 3.8) is 0 Å². The summed E-state index contributed by atoms with van der Waals surface area (Å²) < 4.78 is 0. The summed E-state index contributed by atoms with van der Waals surface area (Å²) in [7, 11) is 0. The average Bonchev–Trinajstić information content (AvgIpc) is 2.22. The highest BCUT2D eigenvalue weighted by Crippen LogP contribution is 2.08. The molecule has 0 fully saturated rings. The lowest BCUT2D eigenvalue weighted by atomic mass is 10.2. The molecule has 0 spiro atoms. The molecule has 1 aromatic rings. The van der Waals surface area contributed by atoms with Crippen molar-refractivity contribution in [1.82, 2.24) is 5.32 Å². The number of halogens is 1. The zero-order valence-corrected chi connectivity index (χ0v) is 9.56. The SMILES string of the molecule is CC.CCNC(=O)c1ccc(Cl)cc1. The smallest absolute Gasteiger partial charge is 0.251 e. The maximum Gasteiger partial charge on any atom is 0.251 e. The van der Waals surface area contributed by atoms with Crippen LogP contribution in [0.3, 0.4) is 0 Å². The Morgan fingerprint density at radius 2 is 1.79 bits per heavy atom. The molecule has 1 rings (SSSR count). The van der Waals surface area contributed by atoms with E-state index in [0.29, 0.717) is 17.1 Å². The van der Waals surface area contributed by atoms with Crippen molar-refractivity contribution in [3.05, 3.63) is 34.9 Å². The van der Waals surface area contributed by atoms with Gasteiger partial charge in [0, 0.05) is 17.1 Å². The van der Waals surface area contributed by atoms with Gasteiger partial charge in [0.15, 0.2) is 0 Å². The van der Waals surface area contributed by atoms with Crippen LogP contribution in [0.1, 0.15) is 31.1 Å². The number of hydrogen-bond acceptors (Lipinski definition) is 1. The third-order valence-electron chi connectivity index (χ3n) is 1.44. The van der Waals surface area contributed by atoms with Gasteiger partial charge in [0.05, 0.1) is 0 Å². The van der Waals surface area contributed by atoms with E-state index in [-0.39, 0.29) is 5.91 Å². The molecule has 1 amide bonds. The van der Waals surface area contributed by atoms with E-state index in [0.717, 1.165) is 0 Å². The van der Waals surface area contributed by atoms with E-state index < -0.39 is 0 Å². The second-order valence-corrected chi connectivity index (χ2v) is 2.80. The lowest BCUT2D eigenvalue weighted by Crippen LogP contribution is -2.22. The van der Waals surface area contributed by atoms with Crippen LogP contribution in [0.25, 0.3) is 0 Å². The first kappa shape index (κ1) is 13.0. The second kappa shape index (κ2) is 7.39. The highest BCUT2D eigenvalue weighted by molar-refractivity contribution is 6.30. The molecule has 0 atom stereocenters. The minimum absolute atomic E-state index is 0.0610. The van der Waals surface area contributed by atoms with Gasteiger partial charge in [-0.05, 0) is 31.2 Å². The fourth-order valence-electron chi connectivity index (χ4n) is 0.864. The van der Waals surface area contributed by atoms with Gasteiger partial charge in [-0.2, -0.15) is 0 Å². The molecule has 0 saturated carbocycles. The van der Waals surface area contributed by atoms with Crippen molar-refractivity contribution >= 4 is 17.5 Å². The Hall–Kier alpha value is -1.02. The van der Waals surface area contributed by atoms with Crippen molar-refractivity contribution in [2.24, 2.45) is 0 Å². The Kier molecular flexibility index (Phi) is 6.85.